The third-order valence-electron chi connectivity index (χ3n) is 6.35. The molecule has 0 radical (unpaired) electrons. The van der Waals surface area contributed by atoms with E-state index < -0.39 is 0 Å². The van der Waals surface area contributed by atoms with Gasteiger partial charge in [0.25, 0.3) is 0 Å². The molecule has 21 heavy (non-hydrogen) atoms. The molecule has 116 valence electrons. The molecule has 0 aromatic heterocycles. The number of nitrogens with zero attached hydrogens (tertiary/aromatic N) is 2. The summed E-state index contributed by atoms with van der Waals surface area (Å²) < 4.78 is 0. The second-order valence-corrected chi connectivity index (χ2v) is 7.57. The lowest BCUT2D eigenvalue weighted by Crippen LogP contribution is -2.50. The van der Waals surface area contributed by atoms with Crippen LogP contribution in [0, 0.1) is 17.8 Å². The average Bonchev–Trinajstić information content (AvgIpc) is 3.10. The monoisotopic (exact) mass is 290 g/mol. The number of carbonyl (C=O) groups excluding carboxylic acids is 2. The number of hydrogen-bond donors (Lipinski definition) is 0. The van der Waals surface area contributed by atoms with Gasteiger partial charge in [0.1, 0.15) is 6.04 Å². The van der Waals surface area contributed by atoms with Crippen LogP contribution in [-0.4, -0.2) is 47.3 Å². The first-order valence-corrected chi connectivity index (χ1v) is 8.80. The Balaban J connectivity index is 1.47. The fourth-order valence-electron chi connectivity index (χ4n) is 5.25. The van der Waals surface area contributed by atoms with E-state index >= 15 is 0 Å². The molecule has 2 aliphatic heterocycles. The van der Waals surface area contributed by atoms with Crippen LogP contribution in [0.5, 0.6) is 0 Å². The van der Waals surface area contributed by atoms with Crippen molar-refractivity contribution in [2.75, 3.05) is 19.6 Å². The molecule has 4 unspecified atom stereocenters. The molecule has 4 fully saturated rings. The quantitative estimate of drug-likeness (QED) is 0.781. The lowest BCUT2D eigenvalue weighted by atomic mass is 9.88. The summed E-state index contributed by atoms with van der Waals surface area (Å²) >= 11 is 0. The summed E-state index contributed by atoms with van der Waals surface area (Å²) in [4.78, 5) is 29.0. The third kappa shape index (κ3) is 2.36. The average molecular weight is 290 g/mol. The van der Waals surface area contributed by atoms with E-state index in [1.165, 1.54) is 25.7 Å². The highest BCUT2D eigenvalue weighted by Crippen LogP contribution is 2.48. The van der Waals surface area contributed by atoms with Crippen LogP contribution in [0.25, 0.3) is 0 Å². The summed E-state index contributed by atoms with van der Waals surface area (Å²) in [7, 11) is 0. The Morgan fingerprint density at radius 3 is 2.67 bits per heavy atom. The summed E-state index contributed by atoms with van der Waals surface area (Å²) in [5, 5.41) is 0. The topological polar surface area (TPSA) is 40.6 Å². The fourth-order valence-corrected chi connectivity index (χ4v) is 5.25. The molecule has 4 nitrogen and oxygen atoms in total. The first-order valence-electron chi connectivity index (χ1n) is 8.80. The molecular formula is C17H26N2O2. The van der Waals surface area contributed by atoms with Crippen molar-refractivity contribution in [2.24, 2.45) is 17.8 Å². The molecular weight excluding hydrogens is 264 g/mol. The summed E-state index contributed by atoms with van der Waals surface area (Å²) in [6, 6.07) is -0.146. The first-order chi connectivity index (χ1) is 10.2. The van der Waals surface area contributed by atoms with E-state index in [1.807, 2.05) is 9.80 Å². The van der Waals surface area contributed by atoms with Gasteiger partial charge in [-0.05, 0) is 56.3 Å². The van der Waals surface area contributed by atoms with Crippen molar-refractivity contribution >= 4 is 11.8 Å². The van der Waals surface area contributed by atoms with Gasteiger partial charge in [-0.1, -0.05) is 6.42 Å². The van der Waals surface area contributed by atoms with Crippen LogP contribution >= 0.6 is 0 Å². The highest BCUT2D eigenvalue weighted by molar-refractivity contribution is 5.90. The van der Waals surface area contributed by atoms with Crippen molar-refractivity contribution in [3.63, 3.8) is 0 Å². The zero-order valence-electron chi connectivity index (χ0n) is 12.8. The lowest BCUT2D eigenvalue weighted by molar-refractivity contribution is -0.143. The summed E-state index contributed by atoms with van der Waals surface area (Å²) in [6.45, 7) is 2.35. The van der Waals surface area contributed by atoms with Gasteiger partial charge in [-0.3, -0.25) is 9.59 Å². The van der Waals surface area contributed by atoms with E-state index in [-0.39, 0.29) is 17.9 Å². The van der Waals surface area contributed by atoms with Crippen molar-refractivity contribution in [3.05, 3.63) is 0 Å². The Labute approximate surface area is 126 Å². The molecule has 2 aliphatic carbocycles. The molecule has 4 atom stereocenters. The van der Waals surface area contributed by atoms with E-state index in [1.54, 1.807) is 0 Å². The fraction of sp³-hybridized carbons (Fsp3) is 0.882. The van der Waals surface area contributed by atoms with Crippen LogP contribution in [0.1, 0.15) is 51.4 Å². The lowest BCUT2D eigenvalue weighted by Gasteiger charge is -2.35. The van der Waals surface area contributed by atoms with Gasteiger partial charge in [0.2, 0.25) is 11.8 Å². The van der Waals surface area contributed by atoms with Crippen molar-refractivity contribution in [3.8, 4) is 0 Å². The van der Waals surface area contributed by atoms with Crippen LogP contribution in [0.15, 0.2) is 0 Å². The molecule has 0 aromatic rings. The molecule has 2 amide bonds. The summed E-state index contributed by atoms with van der Waals surface area (Å²) in [5.74, 6) is 2.92. The predicted molar refractivity (Wildman–Crippen MR) is 79.5 cm³/mol. The second kappa shape index (κ2) is 5.29. The summed E-state index contributed by atoms with van der Waals surface area (Å²) in [6.07, 6.45) is 9.03. The minimum absolute atomic E-state index is 0.146. The minimum Gasteiger partial charge on any atom is -0.340 e. The zero-order valence-corrected chi connectivity index (χ0v) is 12.8. The number of amides is 2. The van der Waals surface area contributed by atoms with Crippen LogP contribution in [0.2, 0.25) is 0 Å². The Kier molecular flexibility index (Phi) is 3.43. The number of carbonyl (C=O) groups is 2. The maximum absolute atomic E-state index is 12.9. The largest absolute Gasteiger partial charge is 0.340 e. The van der Waals surface area contributed by atoms with Gasteiger partial charge in [0, 0.05) is 26.1 Å². The Hall–Kier alpha value is -1.06. The SMILES string of the molecule is O=C1C2CCCCN2C(=O)CCN1CC1CC2CCC1C2. The van der Waals surface area contributed by atoms with Crippen molar-refractivity contribution in [2.45, 2.75) is 57.4 Å². The Morgan fingerprint density at radius 1 is 1.00 bits per heavy atom. The van der Waals surface area contributed by atoms with Gasteiger partial charge in [-0.25, -0.2) is 0 Å². The van der Waals surface area contributed by atoms with Crippen LogP contribution in [0.4, 0.5) is 0 Å². The van der Waals surface area contributed by atoms with Crippen molar-refractivity contribution in [1.82, 2.24) is 9.80 Å². The molecule has 0 N–H and O–H groups in total. The highest BCUT2D eigenvalue weighted by atomic mass is 16.2. The van der Waals surface area contributed by atoms with Gasteiger partial charge in [-0.2, -0.15) is 0 Å². The molecule has 4 aliphatic rings. The zero-order chi connectivity index (χ0) is 14.4. The number of piperidine rings is 1. The maximum atomic E-state index is 12.9. The Bertz CT molecular complexity index is 450. The highest BCUT2D eigenvalue weighted by Gasteiger charge is 2.43. The molecule has 4 rings (SSSR count). The van der Waals surface area contributed by atoms with E-state index in [2.05, 4.69) is 0 Å². The van der Waals surface area contributed by atoms with E-state index in [4.69, 9.17) is 0 Å². The Morgan fingerprint density at radius 2 is 1.90 bits per heavy atom. The van der Waals surface area contributed by atoms with Crippen LogP contribution in [-0.2, 0) is 9.59 Å². The molecule has 2 saturated heterocycles. The van der Waals surface area contributed by atoms with Crippen molar-refractivity contribution < 1.29 is 9.59 Å². The summed E-state index contributed by atoms with van der Waals surface area (Å²) in [5.41, 5.74) is 0. The number of fused-ring (bicyclic) bond motifs is 3. The molecule has 0 aromatic carbocycles. The van der Waals surface area contributed by atoms with Gasteiger partial charge < -0.3 is 9.80 Å². The smallest absolute Gasteiger partial charge is 0.245 e. The van der Waals surface area contributed by atoms with Crippen LogP contribution in [0.3, 0.4) is 0 Å². The third-order valence-corrected chi connectivity index (χ3v) is 6.35. The number of rotatable bonds is 2. The second-order valence-electron chi connectivity index (χ2n) is 7.57. The van der Waals surface area contributed by atoms with E-state index in [0.29, 0.717) is 18.9 Å². The number of hydrogen-bond acceptors (Lipinski definition) is 2. The first kappa shape index (κ1) is 13.6. The minimum atomic E-state index is -0.146. The van der Waals surface area contributed by atoms with Crippen molar-refractivity contribution in [1.29, 1.82) is 0 Å². The molecule has 2 bridgehead atoms. The molecule has 4 heteroatoms. The van der Waals surface area contributed by atoms with E-state index in [9.17, 15) is 9.59 Å². The van der Waals surface area contributed by atoms with E-state index in [0.717, 1.165) is 44.2 Å². The predicted octanol–water partition coefficient (Wildman–Crippen LogP) is 2.04. The maximum Gasteiger partial charge on any atom is 0.245 e. The molecule has 2 heterocycles. The molecule has 2 saturated carbocycles. The van der Waals surface area contributed by atoms with Gasteiger partial charge >= 0.3 is 0 Å². The standard InChI is InChI=1S/C17H26N2O2/c20-16-6-8-18(11-14-10-12-4-5-13(14)9-12)17(21)15-3-1-2-7-19(15)16/h12-15H,1-11H2. The van der Waals surface area contributed by atoms with Gasteiger partial charge in [0.15, 0.2) is 0 Å². The van der Waals surface area contributed by atoms with Gasteiger partial charge in [0.05, 0.1) is 0 Å². The van der Waals surface area contributed by atoms with Crippen LogP contribution < -0.4 is 0 Å². The molecule has 0 spiro atoms. The van der Waals surface area contributed by atoms with Gasteiger partial charge in [-0.15, -0.1) is 0 Å². The normalized spacial score (nSPS) is 39.6.